The van der Waals surface area contributed by atoms with Crippen LogP contribution in [0.5, 0.6) is 0 Å². The molecular formula is C31H39F3N2O3. The lowest BCUT2D eigenvalue weighted by atomic mass is 9.39. The third-order valence-electron chi connectivity index (χ3n) is 11.7. The molecule has 6 unspecified atom stereocenters. The maximum atomic E-state index is 14.1. The van der Waals surface area contributed by atoms with Crippen LogP contribution in [-0.2, 0) is 14.4 Å². The van der Waals surface area contributed by atoms with Gasteiger partial charge in [0.25, 0.3) is 0 Å². The number of amides is 1. The van der Waals surface area contributed by atoms with Gasteiger partial charge < -0.3 is 5.32 Å². The lowest BCUT2D eigenvalue weighted by Gasteiger charge is -2.65. The maximum absolute atomic E-state index is 14.1. The highest BCUT2D eigenvalue weighted by Gasteiger charge is 2.66. The predicted molar refractivity (Wildman–Crippen MR) is 139 cm³/mol. The summed E-state index contributed by atoms with van der Waals surface area (Å²) in [6.45, 7) is 12.2. The molecule has 7 atom stereocenters. The molecule has 5 aliphatic rings. The summed E-state index contributed by atoms with van der Waals surface area (Å²) >= 11 is 0. The number of carbonyl (C=O) groups excluding carboxylic acids is 3. The quantitative estimate of drug-likeness (QED) is 0.423. The Balaban J connectivity index is 1.62. The van der Waals surface area contributed by atoms with Crippen molar-refractivity contribution in [3.05, 3.63) is 23.3 Å². The second-order valence-corrected chi connectivity index (χ2v) is 14.7. The van der Waals surface area contributed by atoms with E-state index in [2.05, 4.69) is 32.2 Å². The minimum absolute atomic E-state index is 0.0688. The molecule has 5 nitrogen and oxygen atoms in total. The summed E-state index contributed by atoms with van der Waals surface area (Å²) in [6, 6.07) is 2.09. The first-order chi connectivity index (χ1) is 17.8. The number of halogens is 3. The molecular weight excluding hydrogens is 505 g/mol. The standard InChI is InChI=1S/C31H39F3N2O3/c1-26(2)11-12-30(36-25(39)31(32,33)34)10-7-18-23(19(30)15-26)20(37)13-22-28(18,5)9-8-21-27(3,4)24(38)17(16-35)14-29(21,22)6/h13-14,18-19,21,23H,7-12,15H2,1-6H3,(H,36,39)/t18?,19-,21?,23?,28?,29?,30?/m0/s1. The average molecular weight is 545 g/mol. The number of nitriles is 1. The molecule has 5 aliphatic carbocycles. The van der Waals surface area contributed by atoms with Crippen LogP contribution in [0.25, 0.3) is 0 Å². The van der Waals surface area contributed by atoms with Crippen molar-refractivity contribution in [2.24, 2.45) is 45.3 Å². The molecule has 0 aromatic carbocycles. The highest BCUT2D eigenvalue weighted by Crippen LogP contribution is 2.69. The normalized spacial score (nSPS) is 42.5. The number of hydrogen-bond donors (Lipinski definition) is 1. The van der Waals surface area contributed by atoms with Gasteiger partial charge in [0.05, 0.1) is 5.57 Å². The first-order valence-corrected chi connectivity index (χ1v) is 14.2. The van der Waals surface area contributed by atoms with Gasteiger partial charge in [-0.15, -0.1) is 0 Å². The molecule has 3 saturated carbocycles. The van der Waals surface area contributed by atoms with Crippen LogP contribution in [0.4, 0.5) is 13.2 Å². The van der Waals surface area contributed by atoms with Gasteiger partial charge in [0.15, 0.2) is 11.6 Å². The van der Waals surface area contributed by atoms with E-state index in [4.69, 9.17) is 0 Å². The zero-order valence-electron chi connectivity index (χ0n) is 23.7. The first kappa shape index (κ1) is 28.1. The SMILES string of the molecule is CC1(C)CCC2(NC(=O)C(F)(F)F)CCC3C(C(=O)C=C4C5(C)C=C(C#N)C(=O)C(C)(C)C5CCC43C)[C@@H]2C1. The number of nitrogens with one attached hydrogen (secondary N) is 1. The fourth-order valence-corrected chi connectivity index (χ4v) is 9.79. The van der Waals surface area contributed by atoms with Crippen LogP contribution in [0.3, 0.4) is 0 Å². The van der Waals surface area contributed by atoms with Gasteiger partial charge in [-0.2, -0.15) is 18.4 Å². The minimum Gasteiger partial charge on any atom is -0.343 e. The van der Waals surface area contributed by atoms with Crippen molar-refractivity contribution >= 4 is 17.5 Å². The van der Waals surface area contributed by atoms with E-state index in [-0.39, 0.29) is 34.4 Å². The Bertz CT molecular complexity index is 1250. The Morgan fingerprint density at radius 3 is 2.28 bits per heavy atom. The van der Waals surface area contributed by atoms with E-state index in [0.29, 0.717) is 32.1 Å². The van der Waals surface area contributed by atoms with Crippen LogP contribution in [-0.4, -0.2) is 29.2 Å². The largest absolute Gasteiger partial charge is 0.471 e. The van der Waals surface area contributed by atoms with Crippen LogP contribution < -0.4 is 5.32 Å². The zero-order valence-corrected chi connectivity index (χ0v) is 23.7. The van der Waals surface area contributed by atoms with Crippen molar-refractivity contribution in [2.45, 2.75) is 98.2 Å². The van der Waals surface area contributed by atoms with Gasteiger partial charge in [-0.05, 0) is 79.6 Å². The van der Waals surface area contributed by atoms with Crippen LogP contribution in [0, 0.1) is 56.7 Å². The molecule has 0 aromatic heterocycles. The number of nitrogens with zero attached hydrogens (tertiary/aromatic N) is 1. The second kappa shape index (κ2) is 8.30. The Hall–Kier alpha value is -2.43. The van der Waals surface area contributed by atoms with Crippen LogP contribution >= 0.6 is 0 Å². The Morgan fingerprint density at radius 1 is 1.00 bits per heavy atom. The van der Waals surface area contributed by atoms with Crippen LogP contribution in [0.15, 0.2) is 23.3 Å². The number of alkyl halides is 3. The zero-order chi connectivity index (χ0) is 29.0. The molecule has 3 fully saturated rings. The molecule has 0 bridgehead atoms. The van der Waals surface area contributed by atoms with E-state index in [9.17, 15) is 32.8 Å². The Kier molecular flexibility index (Phi) is 5.98. The summed E-state index contributed by atoms with van der Waals surface area (Å²) in [5.74, 6) is -3.22. The molecule has 0 saturated heterocycles. The molecule has 0 aliphatic heterocycles. The summed E-state index contributed by atoms with van der Waals surface area (Å²) in [7, 11) is 0. The molecule has 212 valence electrons. The van der Waals surface area contributed by atoms with Crippen molar-refractivity contribution in [1.29, 1.82) is 5.26 Å². The van der Waals surface area contributed by atoms with Crippen molar-refractivity contribution in [2.75, 3.05) is 0 Å². The lowest BCUT2D eigenvalue weighted by Crippen LogP contribution is -2.67. The monoisotopic (exact) mass is 544 g/mol. The summed E-state index contributed by atoms with van der Waals surface area (Å²) < 4.78 is 40.2. The topological polar surface area (TPSA) is 87.0 Å². The smallest absolute Gasteiger partial charge is 0.343 e. The van der Waals surface area contributed by atoms with E-state index in [1.54, 1.807) is 12.2 Å². The second-order valence-electron chi connectivity index (χ2n) is 14.7. The number of rotatable bonds is 1. The van der Waals surface area contributed by atoms with E-state index in [1.807, 2.05) is 20.8 Å². The first-order valence-electron chi connectivity index (χ1n) is 14.2. The van der Waals surface area contributed by atoms with E-state index in [1.165, 1.54) is 0 Å². The molecule has 0 aromatic rings. The van der Waals surface area contributed by atoms with Gasteiger partial charge in [0, 0.05) is 22.3 Å². The number of hydrogen-bond acceptors (Lipinski definition) is 4. The maximum Gasteiger partial charge on any atom is 0.471 e. The summed E-state index contributed by atoms with van der Waals surface area (Å²) in [5, 5.41) is 12.2. The molecule has 0 spiro atoms. The molecule has 1 N–H and O–H groups in total. The highest BCUT2D eigenvalue weighted by atomic mass is 19.4. The fraction of sp³-hybridized carbons (Fsp3) is 0.742. The van der Waals surface area contributed by atoms with Gasteiger partial charge in [-0.3, -0.25) is 14.4 Å². The molecule has 0 heterocycles. The van der Waals surface area contributed by atoms with Crippen LogP contribution in [0.2, 0.25) is 0 Å². The number of carbonyl (C=O) groups is 3. The molecule has 39 heavy (non-hydrogen) atoms. The van der Waals surface area contributed by atoms with E-state index >= 15 is 0 Å². The molecule has 0 radical (unpaired) electrons. The molecule has 5 rings (SSSR count). The highest BCUT2D eigenvalue weighted by molar-refractivity contribution is 6.04. The van der Waals surface area contributed by atoms with E-state index in [0.717, 1.165) is 18.4 Å². The van der Waals surface area contributed by atoms with E-state index < -0.39 is 45.7 Å². The van der Waals surface area contributed by atoms with Crippen LogP contribution in [0.1, 0.15) is 86.5 Å². The minimum atomic E-state index is -4.98. The number of allylic oxidation sites excluding steroid dienone is 4. The van der Waals surface area contributed by atoms with Crippen molar-refractivity contribution in [3.63, 3.8) is 0 Å². The fourth-order valence-electron chi connectivity index (χ4n) is 9.79. The van der Waals surface area contributed by atoms with Crippen molar-refractivity contribution < 1.29 is 27.6 Å². The van der Waals surface area contributed by atoms with Crippen molar-refractivity contribution in [1.82, 2.24) is 5.32 Å². The molecule has 1 amide bonds. The number of Topliss-reactive ketones (excluding diaryl/α,β-unsaturated/α-hetero) is 1. The third-order valence-corrected chi connectivity index (χ3v) is 11.7. The van der Waals surface area contributed by atoms with Gasteiger partial charge >= 0.3 is 12.1 Å². The van der Waals surface area contributed by atoms with Gasteiger partial charge in [0.1, 0.15) is 6.07 Å². The Morgan fingerprint density at radius 2 is 1.67 bits per heavy atom. The number of fused-ring (bicyclic) bond motifs is 7. The summed E-state index contributed by atoms with van der Waals surface area (Å²) in [6.07, 6.45) is 2.62. The molecule has 8 heteroatoms. The lowest BCUT2D eigenvalue weighted by molar-refractivity contribution is -0.180. The van der Waals surface area contributed by atoms with Gasteiger partial charge in [0.2, 0.25) is 0 Å². The van der Waals surface area contributed by atoms with Crippen molar-refractivity contribution in [3.8, 4) is 6.07 Å². The third kappa shape index (κ3) is 3.89. The Labute approximate surface area is 228 Å². The van der Waals surface area contributed by atoms with Gasteiger partial charge in [-0.25, -0.2) is 0 Å². The number of ketones is 2. The summed E-state index contributed by atoms with van der Waals surface area (Å²) in [5.41, 5.74) is -1.95. The predicted octanol–water partition coefficient (Wildman–Crippen LogP) is 6.25. The van der Waals surface area contributed by atoms with Gasteiger partial charge in [-0.1, -0.05) is 53.2 Å². The average Bonchev–Trinajstić information content (AvgIpc) is 2.82. The summed E-state index contributed by atoms with van der Waals surface area (Å²) in [4.78, 5) is 39.5.